The van der Waals surface area contributed by atoms with Gasteiger partial charge in [0, 0.05) is 23.9 Å². The van der Waals surface area contributed by atoms with Crippen LogP contribution in [0.4, 0.5) is 16.2 Å². The highest BCUT2D eigenvalue weighted by molar-refractivity contribution is 5.96. The number of non-ortho nitro benzene ring substituents is 1. The number of carbonyl (C=O) groups excluding carboxylic acids is 2. The van der Waals surface area contributed by atoms with Crippen LogP contribution in [-0.2, 0) is 4.79 Å². The van der Waals surface area contributed by atoms with E-state index in [1.54, 1.807) is 6.07 Å². The van der Waals surface area contributed by atoms with E-state index in [2.05, 4.69) is 16.0 Å². The second kappa shape index (κ2) is 7.39. The molecule has 0 saturated heterocycles. The van der Waals surface area contributed by atoms with Crippen LogP contribution < -0.4 is 16.0 Å². The van der Waals surface area contributed by atoms with Crippen molar-refractivity contribution in [3.63, 3.8) is 0 Å². The molecule has 1 aromatic carbocycles. The number of urea groups is 1. The van der Waals surface area contributed by atoms with Crippen LogP contribution in [0.25, 0.3) is 0 Å². The van der Waals surface area contributed by atoms with Gasteiger partial charge < -0.3 is 10.6 Å². The number of nitro benzene ring substituents is 1. The fourth-order valence-electron chi connectivity index (χ4n) is 2.37. The number of nitro groups is 1. The third-order valence-corrected chi connectivity index (χ3v) is 3.45. The van der Waals surface area contributed by atoms with Gasteiger partial charge in [0.2, 0.25) is 5.91 Å². The molecule has 0 aromatic heterocycles. The number of carbonyl (C=O) groups is 2. The van der Waals surface area contributed by atoms with E-state index in [1.807, 2.05) is 0 Å². The van der Waals surface area contributed by atoms with Crippen LogP contribution in [0.1, 0.15) is 25.7 Å². The summed E-state index contributed by atoms with van der Waals surface area (Å²) in [5.41, 5.74) is 0.380. The van der Waals surface area contributed by atoms with E-state index in [-0.39, 0.29) is 18.3 Å². The maximum absolute atomic E-state index is 11.7. The second-order valence-corrected chi connectivity index (χ2v) is 5.16. The highest BCUT2D eigenvalue weighted by Gasteiger charge is 2.18. The molecule has 1 aromatic rings. The largest absolute Gasteiger partial charge is 0.376 e. The highest BCUT2D eigenvalue weighted by Crippen LogP contribution is 2.17. The molecule has 0 unspecified atom stereocenters. The predicted molar refractivity (Wildman–Crippen MR) is 80.5 cm³/mol. The van der Waals surface area contributed by atoms with E-state index in [4.69, 9.17) is 0 Å². The van der Waals surface area contributed by atoms with Gasteiger partial charge in [-0.1, -0.05) is 18.9 Å². The molecule has 3 N–H and O–H groups in total. The number of amides is 3. The van der Waals surface area contributed by atoms with E-state index in [9.17, 15) is 19.7 Å². The van der Waals surface area contributed by atoms with Gasteiger partial charge in [-0.3, -0.25) is 20.2 Å². The Bertz CT molecular complexity index is 570. The van der Waals surface area contributed by atoms with Gasteiger partial charge in [-0.05, 0) is 18.9 Å². The Morgan fingerprint density at radius 2 is 2.00 bits per heavy atom. The Morgan fingerprint density at radius 3 is 2.68 bits per heavy atom. The molecule has 0 bridgehead atoms. The van der Waals surface area contributed by atoms with Crippen LogP contribution in [0.5, 0.6) is 0 Å². The van der Waals surface area contributed by atoms with Gasteiger partial charge in [0.15, 0.2) is 0 Å². The van der Waals surface area contributed by atoms with Crippen molar-refractivity contribution in [1.82, 2.24) is 10.6 Å². The molecule has 0 radical (unpaired) electrons. The third-order valence-electron chi connectivity index (χ3n) is 3.45. The number of imide groups is 1. The summed E-state index contributed by atoms with van der Waals surface area (Å²) in [5.74, 6) is -0.498. The highest BCUT2D eigenvalue weighted by atomic mass is 16.6. The Balaban J connectivity index is 1.76. The van der Waals surface area contributed by atoms with Gasteiger partial charge in [0.25, 0.3) is 5.69 Å². The van der Waals surface area contributed by atoms with Crippen molar-refractivity contribution in [3.8, 4) is 0 Å². The minimum atomic E-state index is -0.514. The number of hydrogen-bond acceptors (Lipinski definition) is 5. The van der Waals surface area contributed by atoms with Gasteiger partial charge in [0.1, 0.15) is 0 Å². The van der Waals surface area contributed by atoms with Gasteiger partial charge in [-0.2, -0.15) is 0 Å². The van der Waals surface area contributed by atoms with Crippen molar-refractivity contribution in [3.05, 3.63) is 34.4 Å². The number of benzene rings is 1. The first-order chi connectivity index (χ1) is 10.5. The summed E-state index contributed by atoms with van der Waals surface area (Å²) in [6.07, 6.45) is 4.06. The molecule has 2 rings (SSSR count). The lowest BCUT2D eigenvalue weighted by Crippen LogP contribution is -2.45. The van der Waals surface area contributed by atoms with Gasteiger partial charge in [-0.15, -0.1) is 0 Å². The smallest absolute Gasteiger partial charge is 0.321 e. The van der Waals surface area contributed by atoms with Crippen LogP contribution in [-0.4, -0.2) is 29.4 Å². The number of nitrogens with zero attached hydrogens (tertiary/aromatic N) is 1. The molecule has 1 aliphatic rings. The fraction of sp³-hybridized carbons (Fsp3) is 0.429. The first-order valence-electron chi connectivity index (χ1n) is 7.13. The van der Waals surface area contributed by atoms with Crippen LogP contribution in [0.2, 0.25) is 0 Å². The van der Waals surface area contributed by atoms with Crippen LogP contribution in [0.15, 0.2) is 24.3 Å². The third kappa shape index (κ3) is 4.72. The van der Waals surface area contributed by atoms with E-state index in [1.165, 1.54) is 18.2 Å². The molecule has 8 heteroatoms. The molecule has 22 heavy (non-hydrogen) atoms. The number of nitrogens with one attached hydrogen (secondary N) is 3. The normalized spacial score (nSPS) is 14.4. The molecule has 1 saturated carbocycles. The zero-order valence-electron chi connectivity index (χ0n) is 12.0. The lowest BCUT2D eigenvalue weighted by Gasteiger charge is -2.12. The van der Waals surface area contributed by atoms with E-state index >= 15 is 0 Å². The molecule has 3 amide bonds. The van der Waals surface area contributed by atoms with Gasteiger partial charge in [0.05, 0.1) is 11.5 Å². The van der Waals surface area contributed by atoms with Crippen molar-refractivity contribution in [2.45, 2.75) is 31.7 Å². The Hall–Kier alpha value is -2.64. The molecule has 8 nitrogen and oxygen atoms in total. The summed E-state index contributed by atoms with van der Waals surface area (Å²) >= 11 is 0. The van der Waals surface area contributed by atoms with Crippen molar-refractivity contribution in [2.75, 3.05) is 11.9 Å². The molecule has 0 heterocycles. The standard InChI is InChI=1S/C14H18N4O4/c19-13(17-14(20)16-10-4-1-2-5-10)9-15-11-6-3-7-12(8-11)18(21)22/h3,6-8,10,15H,1-2,4-5,9H2,(H2,16,17,19,20). The Labute approximate surface area is 127 Å². The van der Waals surface area contributed by atoms with E-state index in [0.29, 0.717) is 5.69 Å². The molecular formula is C14H18N4O4. The zero-order valence-corrected chi connectivity index (χ0v) is 12.0. The first kappa shape index (κ1) is 15.7. The number of anilines is 1. The number of hydrogen-bond donors (Lipinski definition) is 3. The van der Waals surface area contributed by atoms with Crippen molar-refractivity contribution < 1.29 is 14.5 Å². The molecule has 1 fully saturated rings. The summed E-state index contributed by atoms with van der Waals surface area (Å²) in [6, 6.07) is 5.45. The van der Waals surface area contributed by atoms with Crippen LogP contribution in [0, 0.1) is 10.1 Å². The van der Waals surface area contributed by atoms with Gasteiger partial charge in [-0.25, -0.2) is 4.79 Å². The first-order valence-corrected chi connectivity index (χ1v) is 7.13. The summed E-state index contributed by atoms with van der Waals surface area (Å²) in [7, 11) is 0. The fourth-order valence-corrected chi connectivity index (χ4v) is 2.37. The maximum Gasteiger partial charge on any atom is 0.321 e. The lowest BCUT2D eigenvalue weighted by atomic mass is 10.2. The quantitative estimate of drug-likeness (QED) is 0.567. The lowest BCUT2D eigenvalue weighted by molar-refractivity contribution is -0.384. The molecule has 1 aliphatic carbocycles. The van der Waals surface area contributed by atoms with Gasteiger partial charge >= 0.3 is 6.03 Å². The summed E-state index contributed by atoms with van der Waals surface area (Å²) < 4.78 is 0. The predicted octanol–water partition coefficient (Wildman–Crippen LogP) is 1.78. The summed E-state index contributed by atoms with van der Waals surface area (Å²) in [4.78, 5) is 33.4. The molecule has 0 spiro atoms. The monoisotopic (exact) mass is 306 g/mol. The average Bonchev–Trinajstić information content (AvgIpc) is 2.98. The van der Waals surface area contributed by atoms with E-state index < -0.39 is 16.9 Å². The van der Waals surface area contributed by atoms with Crippen molar-refractivity contribution in [2.24, 2.45) is 0 Å². The van der Waals surface area contributed by atoms with E-state index in [0.717, 1.165) is 25.7 Å². The van der Waals surface area contributed by atoms with Crippen molar-refractivity contribution >= 4 is 23.3 Å². The summed E-state index contributed by atoms with van der Waals surface area (Å²) in [5, 5.41) is 18.4. The Morgan fingerprint density at radius 1 is 1.27 bits per heavy atom. The zero-order chi connectivity index (χ0) is 15.9. The van der Waals surface area contributed by atoms with Crippen LogP contribution >= 0.6 is 0 Å². The SMILES string of the molecule is O=C(CNc1cccc([N+](=O)[O-])c1)NC(=O)NC1CCCC1. The topological polar surface area (TPSA) is 113 Å². The molecule has 0 atom stereocenters. The average molecular weight is 306 g/mol. The van der Waals surface area contributed by atoms with Crippen LogP contribution in [0.3, 0.4) is 0 Å². The van der Waals surface area contributed by atoms with Crippen molar-refractivity contribution in [1.29, 1.82) is 0 Å². The maximum atomic E-state index is 11.7. The molecular weight excluding hydrogens is 288 g/mol. The number of rotatable bonds is 5. The minimum absolute atomic E-state index is 0.0654. The molecule has 118 valence electrons. The Kier molecular flexibility index (Phi) is 5.29. The second-order valence-electron chi connectivity index (χ2n) is 5.16. The molecule has 0 aliphatic heterocycles. The summed E-state index contributed by atoms with van der Waals surface area (Å²) in [6.45, 7) is -0.140. The minimum Gasteiger partial charge on any atom is -0.376 e.